The lowest BCUT2D eigenvalue weighted by atomic mass is 9.96. The molecule has 1 atom stereocenters. The molecule has 0 aromatic carbocycles. The summed E-state index contributed by atoms with van der Waals surface area (Å²) in [5.74, 6) is 1.75. The second kappa shape index (κ2) is 5.22. The second-order valence-corrected chi connectivity index (χ2v) is 5.50. The molecule has 0 bridgehead atoms. The van der Waals surface area contributed by atoms with Crippen LogP contribution in [-0.4, -0.2) is 22.6 Å². The van der Waals surface area contributed by atoms with Crippen molar-refractivity contribution in [3.05, 3.63) is 18.0 Å². The molecular weight excluding hydrogens is 224 g/mol. The molecule has 2 fully saturated rings. The van der Waals surface area contributed by atoms with Crippen LogP contribution in [0.1, 0.15) is 44.2 Å². The van der Waals surface area contributed by atoms with Crippen LogP contribution >= 0.6 is 0 Å². The summed E-state index contributed by atoms with van der Waals surface area (Å²) in [4.78, 5) is 11.5. The average Bonchev–Trinajstić information content (AvgIpc) is 3.09. The first-order valence-electron chi connectivity index (χ1n) is 7.17. The van der Waals surface area contributed by atoms with E-state index >= 15 is 0 Å². The summed E-state index contributed by atoms with van der Waals surface area (Å²) < 4.78 is 0. The molecule has 4 heteroatoms. The zero-order valence-corrected chi connectivity index (χ0v) is 10.9. The van der Waals surface area contributed by atoms with Gasteiger partial charge in [0.1, 0.15) is 0 Å². The fraction of sp³-hybridized carbons (Fsp3) is 0.714. The second-order valence-electron chi connectivity index (χ2n) is 5.50. The fourth-order valence-corrected chi connectivity index (χ4v) is 3.51. The highest BCUT2D eigenvalue weighted by molar-refractivity contribution is 5.34. The minimum Gasteiger partial charge on any atom is -0.338 e. The van der Waals surface area contributed by atoms with Crippen LogP contribution in [0.4, 0.5) is 5.95 Å². The highest BCUT2D eigenvalue weighted by Gasteiger charge is 2.34. The van der Waals surface area contributed by atoms with Crippen LogP contribution in [0, 0.1) is 5.92 Å². The molecule has 1 aliphatic heterocycles. The van der Waals surface area contributed by atoms with Gasteiger partial charge in [-0.25, -0.2) is 9.97 Å². The normalized spacial score (nSPS) is 24.9. The standard InChI is InChI=1S/C14H22N4/c15-10-12-7-8-16-14(17-12)18-9-3-6-13(18)11-4-1-2-5-11/h7-8,11,13H,1-6,9-10,15H2. The van der Waals surface area contributed by atoms with Crippen LogP contribution in [0.3, 0.4) is 0 Å². The van der Waals surface area contributed by atoms with E-state index in [1.54, 1.807) is 0 Å². The summed E-state index contributed by atoms with van der Waals surface area (Å²) in [6.45, 7) is 1.60. The Morgan fingerprint density at radius 3 is 2.83 bits per heavy atom. The Hall–Kier alpha value is -1.16. The predicted molar refractivity (Wildman–Crippen MR) is 72.2 cm³/mol. The topological polar surface area (TPSA) is 55.0 Å². The van der Waals surface area contributed by atoms with Gasteiger partial charge in [-0.1, -0.05) is 12.8 Å². The van der Waals surface area contributed by atoms with Crippen molar-refractivity contribution in [1.29, 1.82) is 0 Å². The molecule has 2 aliphatic rings. The maximum absolute atomic E-state index is 5.67. The smallest absolute Gasteiger partial charge is 0.225 e. The van der Waals surface area contributed by atoms with Crippen molar-refractivity contribution in [2.75, 3.05) is 11.4 Å². The molecule has 1 aromatic heterocycles. The summed E-state index contributed by atoms with van der Waals surface area (Å²) in [6.07, 6.45) is 10.00. The number of nitrogens with zero attached hydrogens (tertiary/aromatic N) is 3. The van der Waals surface area contributed by atoms with Crippen molar-refractivity contribution in [2.45, 2.75) is 51.1 Å². The number of anilines is 1. The minimum atomic E-state index is 0.497. The van der Waals surface area contributed by atoms with E-state index in [1.165, 1.54) is 38.5 Å². The molecule has 18 heavy (non-hydrogen) atoms. The van der Waals surface area contributed by atoms with E-state index in [9.17, 15) is 0 Å². The Bertz CT molecular complexity index is 401. The van der Waals surface area contributed by atoms with Gasteiger partial charge in [-0.3, -0.25) is 0 Å². The van der Waals surface area contributed by atoms with E-state index in [4.69, 9.17) is 5.73 Å². The Morgan fingerprint density at radius 2 is 2.06 bits per heavy atom. The summed E-state index contributed by atoms with van der Waals surface area (Å²) in [6, 6.07) is 2.57. The summed E-state index contributed by atoms with van der Waals surface area (Å²) >= 11 is 0. The summed E-state index contributed by atoms with van der Waals surface area (Å²) in [7, 11) is 0. The largest absolute Gasteiger partial charge is 0.338 e. The Balaban J connectivity index is 1.80. The number of rotatable bonds is 3. The van der Waals surface area contributed by atoms with Crippen LogP contribution in [0.2, 0.25) is 0 Å². The van der Waals surface area contributed by atoms with Crippen molar-refractivity contribution in [2.24, 2.45) is 11.7 Å². The highest BCUT2D eigenvalue weighted by atomic mass is 15.3. The lowest BCUT2D eigenvalue weighted by molar-refractivity contribution is 0.427. The molecule has 3 rings (SSSR count). The van der Waals surface area contributed by atoms with E-state index < -0.39 is 0 Å². The molecule has 4 nitrogen and oxygen atoms in total. The van der Waals surface area contributed by atoms with Gasteiger partial charge in [0, 0.05) is 25.3 Å². The van der Waals surface area contributed by atoms with Crippen molar-refractivity contribution < 1.29 is 0 Å². The first kappa shape index (κ1) is 11.9. The van der Waals surface area contributed by atoms with Gasteiger partial charge in [0.15, 0.2) is 0 Å². The lowest BCUT2D eigenvalue weighted by Crippen LogP contribution is -2.36. The van der Waals surface area contributed by atoms with Gasteiger partial charge in [0.2, 0.25) is 5.95 Å². The third-order valence-corrected chi connectivity index (χ3v) is 4.41. The first-order valence-corrected chi connectivity index (χ1v) is 7.17. The van der Waals surface area contributed by atoms with Gasteiger partial charge >= 0.3 is 0 Å². The van der Waals surface area contributed by atoms with E-state index in [2.05, 4.69) is 14.9 Å². The van der Waals surface area contributed by atoms with Gasteiger partial charge in [0.25, 0.3) is 0 Å². The molecule has 0 spiro atoms. The van der Waals surface area contributed by atoms with Crippen LogP contribution in [0.15, 0.2) is 12.3 Å². The van der Waals surface area contributed by atoms with Crippen LogP contribution in [0.5, 0.6) is 0 Å². The van der Waals surface area contributed by atoms with Crippen molar-refractivity contribution >= 4 is 5.95 Å². The minimum absolute atomic E-state index is 0.497. The highest BCUT2D eigenvalue weighted by Crippen LogP contribution is 2.36. The Labute approximate surface area is 109 Å². The van der Waals surface area contributed by atoms with Crippen molar-refractivity contribution in [3.63, 3.8) is 0 Å². The van der Waals surface area contributed by atoms with Gasteiger partial charge in [-0.15, -0.1) is 0 Å². The molecule has 0 amide bonds. The number of nitrogens with two attached hydrogens (primary N) is 1. The summed E-state index contributed by atoms with van der Waals surface area (Å²) in [5, 5.41) is 0. The van der Waals surface area contributed by atoms with E-state index in [0.29, 0.717) is 12.6 Å². The first-order chi connectivity index (χ1) is 8.88. The maximum Gasteiger partial charge on any atom is 0.225 e. The van der Waals surface area contributed by atoms with Gasteiger partial charge in [-0.2, -0.15) is 0 Å². The number of hydrogen-bond acceptors (Lipinski definition) is 4. The third kappa shape index (κ3) is 2.21. The molecule has 1 saturated heterocycles. The zero-order valence-electron chi connectivity index (χ0n) is 10.9. The Morgan fingerprint density at radius 1 is 1.22 bits per heavy atom. The van der Waals surface area contributed by atoms with Crippen LogP contribution in [0.25, 0.3) is 0 Å². The molecular formula is C14H22N4. The molecule has 0 radical (unpaired) electrons. The quantitative estimate of drug-likeness (QED) is 0.887. The maximum atomic E-state index is 5.67. The number of hydrogen-bond donors (Lipinski definition) is 1. The monoisotopic (exact) mass is 246 g/mol. The van der Waals surface area contributed by atoms with E-state index in [-0.39, 0.29) is 0 Å². The molecule has 1 aromatic rings. The number of aromatic nitrogens is 2. The lowest BCUT2D eigenvalue weighted by Gasteiger charge is -2.29. The predicted octanol–water partition coefficient (Wildman–Crippen LogP) is 2.09. The van der Waals surface area contributed by atoms with E-state index in [0.717, 1.165) is 24.1 Å². The van der Waals surface area contributed by atoms with E-state index in [1.807, 2.05) is 12.3 Å². The molecule has 2 heterocycles. The summed E-state index contributed by atoms with van der Waals surface area (Å²) in [5.41, 5.74) is 6.61. The van der Waals surface area contributed by atoms with Crippen molar-refractivity contribution in [3.8, 4) is 0 Å². The van der Waals surface area contributed by atoms with Crippen molar-refractivity contribution in [1.82, 2.24) is 9.97 Å². The fourth-order valence-electron chi connectivity index (χ4n) is 3.51. The molecule has 98 valence electrons. The molecule has 1 saturated carbocycles. The molecule has 2 N–H and O–H groups in total. The van der Waals surface area contributed by atoms with Gasteiger partial charge in [0.05, 0.1) is 5.69 Å². The third-order valence-electron chi connectivity index (χ3n) is 4.41. The molecule has 1 aliphatic carbocycles. The zero-order chi connectivity index (χ0) is 12.4. The molecule has 1 unspecified atom stereocenters. The van der Waals surface area contributed by atoms with Gasteiger partial charge < -0.3 is 10.6 Å². The van der Waals surface area contributed by atoms with Crippen LogP contribution in [-0.2, 0) is 6.54 Å². The Kier molecular flexibility index (Phi) is 3.46. The SMILES string of the molecule is NCc1ccnc(N2CCCC2C2CCCC2)n1. The average molecular weight is 246 g/mol. The van der Waals surface area contributed by atoms with Crippen LogP contribution < -0.4 is 10.6 Å². The van der Waals surface area contributed by atoms with Gasteiger partial charge in [-0.05, 0) is 37.7 Å².